The van der Waals surface area contributed by atoms with Crippen molar-refractivity contribution in [3.63, 3.8) is 0 Å². The van der Waals surface area contributed by atoms with E-state index in [9.17, 15) is 14.7 Å². The molecule has 2 aromatic heterocycles. The number of nitrogens with zero attached hydrogens (tertiary/aromatic N) is 1. The van der Waals surface area contributed by atoms with Crippen molar-refractivity contribution >= 4 is 16.9 Å². The molecule has 0 amide bonds. The second-order valence-corrected chi connectivity index (χ2v) is 12.6. The summed E-state index contributed by atoms with van der Waals surface area (Å²) in [5.41, 5.74) is 2.67. The fourth-order valence-electron chi connectivity index (χ4n) is 6.51. The summed E-state index contributed by atoms with van der Waals surface area (Å²) in [7, 11) is 1.47. The van der Waals surface area contributed by atoms with Crippen LogP contribution in [0, 0.1) is 13.8 Å². The number of hydrogen-bond acceptors (Lipinski definition) is 10. The lowest BCUT2D eigenvalue weighted by atomic mass is 9.89. The topological polar surface area (TPSA) is 135 Å². The van der Waals surface area contributed by atoms with Gasteiger partial charge in [0.05, 0.1) is 5.60 Å². The number of esters is 1. The van der Waals surface area contributed by atoms with Crippen LogP contribution in [-0.2, 0) is 20.8 Å². The van der Waals surface area contributed by atoms with Gasteiger partial charge in [0, 0.05) is 62.0 Å². The smallest absolute Gasteiger partial charge is 0.355 e. The zero-order valence-corrected chi connectivity index (χ0v) is 26.7. The Hall–Kier alpha value is -4.00. The maximum atomic E-state index is 13.0. The molecule has 1 unspecified atom stereocenters. The van der Waals surface area contributed by atoms with Crippen LogP contribution in [-0.4, -0.2) is 77.9 Å². The van der Waals surface area contributed by atoms with E-state index in [2.05, 4.69) is 27.3 Å². The summed E-state index contributed by atoms with van der Waals surface area (Å²) in [6.07, 6.45) is -4.49. The summed E-state index contributed by atoms with van der Waals surface area (Å²) < 4.78 is 29.5. The Morgan fingerprint density at radius 3 is 2.61 bits per heavy atom. The summed E-state index contributed by atoms with van der Waals surface area (Å²) in [6, 6.07) is 19.1. The van der Waals surface area contributed by atoms with Gasteiger partial charge in [-0.15, -0.1) is 0 Å². The number of benzene rings is 2. The number of carbonyl (C=O) groups is 1. The summed E-state index contributed by atoms with van der Waals surface area (Å²) in [5.74, 6) is -0.272. The van der Waals surface area contributed by atoms with Crippen LogP contribution in [0.4, 0.5) is 0 Å². The van der Waals surface area contributed by atoms with E-state index in [-0.39, 0.29) is 11.7 Å². The first kappa shape index (κ1) is 32.0. The summed E-state index contributed by atoms with van der Waals surface area (Å²) >= 11 is 0. The van der Waals surface area contributed by atoms with E-state index in [1.807, 2.05) is 31.2 Å². The average Bonchev–Trinajstić information content (AvgIpc) is 3.48. The van der Waals surface area contributed by atoms with Crippen molar-refractivity contribution < 1.29 is 33.3 Å². The number of methoxy groups -OCH3 is 1. The van der Waals surface area contributed by atoms with Crippen LogP contribution in [0.5, 0.6) is 5.75 Å². The van der Waals surface area contributed by atoms with Gasteiger partial charge in [0.15, 0.2) is 12.2 Å². The van der Waals surface area contributed by atoms with E-state index in [0.717, 1.165) is 36.3 Å². The first-order chi connectivity index (χ1) is 22.0. The number of rotatable bonds is 8. The van der Waals surface area contributed by atoms with Crippen molar-refractivity contribution in [1.82, 2.24) is 15.2 Å². The van der Waals surface area contributed by atoms with Crippen LogP contribution in [0.2, 0.25) is 0 Å². The highest BCUT2D eigenvalue weighted by molar-refractivity contribution is 5.87. The van der Waals surface area contributed by atoms with E-state index >= 15 is 0 Å². The minimum Gasteiger partial charge on any atom is -0.462 e. The number of aromatic nitrogens is 1. The van der Waals surface area contributed by atoms with Gasteiger partial charge in [-0.25, -0.2) is 9.59 Å². The molecule has 0 saturated carbocycles. The van der Waals surface area contributed by atoms with Gasteiger partial charge in [-0.05, 0) is 63.1 Å². The molecule has 2 aliphatic heterocycles. The molecule has 11 nitrogen and oxygen atoms in total. The second kappa shape index (κ2) is 13.0. The Kier molecular flexibility index (Phi) is 9.04. The highest BCUT2D eigenvalue weighted by Crippen LogP contribution is 2.37. The SMILES string of the molecule is CO[C@@H]1[C@@H](OC(=O)c2ccc(C)[nH]2)[C@@H](O)[C@H](Oc2ccc3c(CN4CCNC(c5ccccc5)C4)cc(=O)oc3c2C)OC1(C)C. The van der Waals surface area contributed by atoms with Gasteiger partial charge in [0.1, 0.15) is 23.1 Å². The van der Waals surface area contributed by atoms with Crippen LogP contribution >= 0.6 is 0 Å². The molecule has 2 aromatic carbocycles. The van der Waals surface area contributed by atoms with Gasteiger partial charge in [0.2, 0.25) is 6.29 Å². The van der Waals surface area contributed by atoms with Gasteiger partial charge in [-0.1, -0.05) is 30.3 Å². The van der Waals surface area contributed by atoms with E-state index < -0.39 is 41.8 Å². The molecule has 6 rings (SSSR count). The monoisotopic (exact) mass is 631 g/mol. The molecule has 5 atom stereocenters. The number of hydrogen-bond donors (Lipinski definition) is 3. The number of aromatic amines is 1. The third kappa shape index (κ3) is 6.47. The lowest BCUT2D eigenvalue weighted by Gasteiger charge is -2.47. The number of fused-ring (bicyclic) bond motifs is 1. The van der Waals surface area contributed by atoms with Crippen molar-refractivity contribution in [2.75, 3.05) is 26.7 Å². The summed E-state index contributed by atoms with van der Waals surface area (Å²) in [6.45, 7) is 10.2. The number of piperazine rings is 1. The Morgan fingerprint density at radius 2 is 1.89 bits per heavy atom. The molecule has 4 aromatic rings. The van der Waals surface area contributed by atoms with E-state index in [0.29, 0.717) is 23.4 Å². The minimum absolute atomic E-state index is 0.196. The molecule has 4 heterocycles. The molecule has 2 saturated heterocycles. The van der Waals surface area contributed by atoms with Crippen molar-refractivity contribution in [3.05, 3.63) is 99.2 Å². The van der Waals surface area contributed by atoms with Crippen LogP contribution < -0.4 is 15.7 Å². The third-order valence-electron chi connectivity index (χ3n) is 8.86. The van der Waals surface area contributed by atoms with Gasteiger partial charge < -0.3 is 38.8 Å². The summed E-state index contributed by atoms with van der Waals surface area (Å²) in [4.78, 5) is 31.0. The Morgan fingerprint density at radius 1 is 1.11 bits per heavy atom. The molecule has 0 spiro atoms. The number of nitrogens with one attached hydrogen (secondary N) is 2. The molecule has 2 fully saturated rings. The Labute approximate surface area is 267 Å². The lowest BCUT2D eigenvalue weighted by molar-refractivity contribution is -0.305. The van der Waals surface area contributed by atoms with Crippen LogP contribution in [0.15, 0.2) is 69.9 Å². The number of aliphatic hydroxyl groups excluding tert-OH is 1. The predicted molar refractivity (Wildman–Crippen MR) is 171 cm³/mol. The van der Waals surface area contributed by atoms with E-state index in [4.69, 9.17) is 23.4 Å². The number of ether oxygens (including phenoxy) is 4. The van der Waals surface area contributed by atoms with Crippen LogP contribution in [0.1, 0.15) is 52.8 Å². The molecule has 46 heavy (non-hydrogen) atoms. The highest BCUT2D eigenvalue weighted by Gasteiger charge is 2.53. The van der Waals surface area contributed by atoms with Gasteiger partial charge >= 0.3 is 11.6 Å². The Balaban J connectivity index is 1.24. The van der Waals surface area contributed by atoms with Gasteiger partial charge in [-0.2, -0.15) is 0 Å². The van der Waals surface area contributed by atoms with Gasteiger partial charge in [0.25, 0.3) is 0 Å². The van der Waals surface area contributed by atoms with Gasteiger partial charge in [-0.3, -0.25) is 4.90 Å². The quantitative estimate of drug-likeness (QED) is 0.193. The summed E-state index contributed by atoms with van der Waals surface area (Å²) in [5, 5.41) is 15.8. The second-order valence-electron chi connectivity index (χ2n) is 12.6. The standard InChI is InChI=1S/C35H41N3O8/c1-20-11-13-25(37-20)33(41)45-31-29(40)34(46-35(3,4)32(31)42-5)43-27-14-12-24-23(17-28(39)44-30(24)21(27)2)18-38-16-15-36-26(19-38)22-9-7-6-8-10-22/h6-14,17,26,29,31-32,34,36-37,40H,15-16,18-19H2,1-5H3/t26?,29-,31+,32-,34-/m1/s1. The zero-order chi connectivity index (χ0) is 32.6. The normalized spacial score (nSPS) is 25.0. The van der Waals surface area contributed by atoms with E-state index in [1.54, 1.807) is 45.0 Å². The zero-order valence-electron chi connectivity index (χ0n) is 26.7. The van der Waals surface area contributed by atoms with Crippen molar-refractivity contribution in [3.8, 4) is 5.75 Å². The predicted octanol–water partition coefficient (Wildman–Crippen LogP) is 4.00. The largest absolute Gasteiger partial charge is 0.462 e. The fourth-order valence-corrected chi connectivity index (χ4v) is 6.51. The van der Waals surface area contributed by atoms with Crippen molar-refractivity contribution in [1.29, 1.82) is 0 Å². The molecule has 0 bridgehead atoms. The highest BCUT2D eigenvalue weighted by atomic mass is 16.7. The molecule has 0 aliphatic carbocycles. The molecule has 11 heteroatoms. The Bertz CT molecular complexity index is 1750. The number of H-pyrrole nitrogens is 1. The van der Waals surface area contributed by atoms with E-state index in [1.165, 1.54) is 12.7 Å². The van der Waals surface area contributed by atoms with Crippen molar-refractivity contribution in [2.24, 2.45) is 0 Å². The first-order valence-electron chi connectivity index (χ1n) is 15.5. The molecule has 0 radical (unpaired) electrons. The number of aliphatic hydroxyl groups is 1. The maximum Gasteiger partial charge on any atom is 0.355 e. The molecular weight excluding hydrogens is 590 g/mol. The average molecular weight is 632 g/mol. The lowest BCUT2D eigenvalue weighted by Crippen LogP contribution is -2.65. The van der Waals surface area contributed by atoms with Crippen molar-refractivity contribution in [2.45, 2.75) is 70.5 Å². The third-order valence-corrected chi connectivity index (χ3v) is 8.86. The maximum absolute atomic E-state index is 13.0. The molecular formula is C35H41N3O8. The molecule has 2 aliphatic rings. The molecule has 3 N–H and O–H groups in total. The number of carbonyl (C=O) groups excluding carboxylic acids is 1. The first-order valence-corrected chi connectivity index (χ1v) is 15.5. The van der Waals surface area contributed by atoms with Crippen LogP contribution in [0.25, 0.3) is 11.0 Å². The number of aryl methyl sites for hydroxylation is 2. The molecule has 244 valence electrons. The minimum atomic E-state index is -1.39. The van der Waals surface area contributed by atoms with Crippen LogP contribution in [0.3, 0.4) is 0 Å². The fraction of sp³-hybridized carbons (Fsp3) is 0.429.